The topological polar surface area (TPSA) is 127 Å². The van der Waals surface area contributed by atoms with Crippen molar-refractivity contribution in [3.63, 3.8) is 0 Å². The van der Waals surface area contributed by atoms with Gasteiger partial charge in [0.15, 0.2) is 0 Å². The van der Waals surface area contributed by atoms with E-state index in [2.05, 4.69) is 20.8 Å². The Bertz CT molecular complexity index is 911. The molecule has 2 aromatic rings. The Kier molecular flexibility index (Phi) is 7.58. The minimum Gasteiger partial charge on any atom is -0.494 e. The molecular weight excluding hydrogens is 402 g/mol. The van der Waals surface area contributed by atoms with Gasteiger partial charge in [-0.15, -0.1) is 0 Å². The molecule has 1 fully saturated rings. The van der Waals surface area contributed by atoms with Crippen molar-refractivity contribution in [3.05, 3.63) is 30.2 Å². The van der Waals surface area contributed by atoms with E-state index in [4.69, 9.17) is 9.26 Å². The van der Waals surface area contributed by atoms with Crippen LogP contribution in [0.4, 0.5) is 0 Å². The van der Waals surface area contributed by atoms with Gasteiger partial charge in [0.2, 0.25) is 29.4 Å². The van der Waals surface area contributed by atoms with Crippen LogP contribution in [0.15, 0.2) is 28.8 Å². The Morgan fingerprint density at radius 3 is 2.74 bits per heavy atom. The lowest BCUT2D eigenvalue weighted by Gasteiger charge is -2.23. The number of aromatic nitrogens is 2. The molecule has 10 nitrogen and oxygen atoms in total. The SMILES string of the molecule is CCOc1ccc(-c2noc(CCC(=O)NCC(=O)N3CCCC3C(=O)NC)n2)cc1. The quantitative estimate of drug-likeness (QED) is 0.607. The molecule has 2 N–H and O–H groups in total. The summed E-state index contributed by atoms with van der Waals surface area (Å²) in [6.07, 6.45) is 1.77. The highest BCUT2D eigenvalue weighted by Crippen LogP contribution is 2.20. The van der Waals surface area contributed by atoms with Crippen LogP contribution in [0, 0.1) is 0 Å². The summed E-state index contributed by atoms with van der Waals surface area (Å²) < 4.78 is 10.6. The number of carbonyl (C=O) groups excluding carboxylic acids is 3. The van der Waals surface area contributed by atoms with Crippen molar-refractivity contribution >= 4 is 17.7 Å². The highest BCUT2D eigenvalue weighted by atomic mass is 16.5. The molecule has 0 bridgehead atoms. The summed E-state index contributed by atoms with van der Waals surface area (Å²) in [5.41, 5.74) is 0.782. The zero-order valence-electron chi connectivity index (χ0n) is 17.7. The Labute approximate surface area is 180 Å². The van der Waals surface area contributed by atoms with Gasteiger partial charge in [0.1, 0.15) is 11.8 Å². The monoisotopic (exact) mass is 429 g/mol. The van der Waals surface area contributed by atoms with E-state index < -0.39 is 6.04 Å². The average molecular weight is 429 g/mol. The molecule has 31 heavy (non-hydrogen) atoms. The number of ether oxygens (including phenoxy) is 1. The number of nitrogens with one attached hydrogen (secondary N) is 2. The van der Waals surface area contributed by atoms with Gasteiger partial charge in [-0.3, -0.25) is 14.4 Å². The first kappa shape index (κ1) is 22.3. The number of carbonyl (C=O) groups is 3. The van der Waals surface area contributed by atoms with Gasteiger partial charge >= 0.3 is 0 Å². The van der Waals surface area contributed by atoms with E-state index in [1.807, 2.05) is 31.2 Å². The van der Waals surface area contributed by atoms with Gasteiger partial charge in [-0.2, -0.15) is 4.98 Å². The van der Waals surface area contributed by atoms with Crippen molar-refractivity contribution < 1.29 is 23.6 Å². The molecule has 3 rings (SSSR count). The van der Waals surface area contributed by atoms with Crippen LogP contribution in [-0.4, -0.2) is 65.5 Å². The van der Waals surface area contributed by atoms with Crippen LogP contribution in [0.25, 0.3) is 11.4 Å². The summed E-state index contributed by atoms with van der Waals surface area (Å²) in [5, 5.41) is 9.11. The Balaban J connectivity index is 1.45. The van der Waals surface area contributed by atoms with Gasteiger partial charge < -0.3 is 24.8 Å². The normalized spacial score (nSPS) is 15.5. The molecule has 2 heterocycles. The van der Waals surface area contributed by atoms with Crippen LogP contribution in [0.5, 0.6) is 5.75 Å². The maximum atomic E-state index is 12.4. The fourth-order valence-electron chi connectivity index (χ4n) is 3.43. The Morgan fingerprint density at radius 2 is 2.03 bits per heavy atom. The first-order chi connectivity index (χ1) is 15.0. The first-order valence-corrected chi connectivity index (χ1v) is 10.4. The van der Waals surface area contributed by atoms with Crippen LogP contribution in [0.1, 0.15) is 32.1 Å². The number of likely N-dealkylation sites (N-methyl/N-ethyl adjacent to an activating group) is 1. The molecule has 10 heteroatoms. The summed E-state index contributed by atoms with van der Waals surface area (Å²) in [7, 11) is 1.55. The lowest BCUT2D eigenvalue weighted by molar-refractivity contribution is -0.138. The number of hydrogen-bond donors (Lipinski definition) is 2. The molecule has 1 aromatic heterocycles. The van der Waals surface area contributed by atoms with Crippen molar-refractivity contribution in [2.75, 3.05) is 26.7 Å². The van der Waals surface area contributed by atoms with Crippen LogP contribution >= 0.6 is 0 Å². The van der Waals surface area contributed by atoms with Crippen molar-refractivity contribution in [2.24, 2.45) is 0 Å². The maximum absolute atomic E-state index is 12.4. The lowest BCUT2D eigenvalue weighted by Crippen LogP contribution is -2.48. The second-order valence-electron chi connectivity index (χ2n) is 7.11. The molecule has 1 atom stereocenters. The number of likely N-dealkylation sites (tertiary alicyclic amines) is 1. The fourth-order valence-corrected chi connectivity index (χ4v) is 3.43. The average Bonchev–Trinajstić information content (AvgIpc) is 3.46. The summed E-state index contributed by atoms with van der Waals surface area (Å²) in [5.74, 6) is 0.779. The smallest absolute Gasteiger partial charge is 0.242 e. The van der Waals surface area contributed by atoms with E-state index in [-0.39, 0.29) is 37.1 Å². The number of nitrogens with zero attached hydrogens (tertiary/aromatic N) is 3. The third kappa shape index (κ3) is 5.80. The summed E-state index contributed by atoms with van der Waals surface area (Å²) in [6, 6.07) is 6.86. The predicted octanol–water partition coefficient (Wildman–Crippen LogP) is 0.921. The number of hydrogen-bond acceptors (Lipinski definition) is 7. The summed E-state index contributed by atoms with van der Waals surface area (Å²) >= 11 is 0. The van der Waals surface area contributed by atoms with Crippen LogP contribution < -0.4 is 15.4 Å². The van der Waals surface area contributed by atoms with Gasteiger partial charge in [0.05, 0.1) is 13.2 Å². The molecule has 1 aliphatic heterocycles. The minimum absolute atomic E-state index is 0.108. The standard InChI is InChI=1S/C21H27N5O5/c1-3-30-15-8-6-14(7-9-15)20-24-18(31-25-20)11-10-17(27)23-13-19(28)26-12-4-5-16(26)21(29)22-2/h6-9,16H,3-5,10-13H2,1-2H3,(H,22,29)(H,23,27). The summed E-state index contributed by atoms with van der Waals surface area (Å²) in [4.78, 5) is 42.2. The van der Waals surface area contributed by atoms with Crippen LogP contribution in [-0.2, 0) is 20.8 Å². The third-order valence-electron chi connectivity index (χ3n) is 5.02. The van der Waals surface area contributed by atoms with Gasteiger partial charge in [-0.1, -0.05) is 5.16 Å². The molecule has 1 aliphatic rings. The zero-order chi connectivity index (χ0) is 22.2. The molecule has 1 aromatic carbocycles. The van der Waals surface area contributed by atoms with Crippen LogP contribution in [0.2, 0.25) is 0 Å². The number of aryl methyl sites for hydroxylation is 1. The molecule has 0 saturated carbocycles. The molecule has 0 spiro atoms. The zero-order valence-corrected chi connectivity index (χ0v) is 17.7. The van der Waals surface area contributed by atoms with E-state index in [0.717, 1.165) is 17.7 Å². The van der Waals surface area contributed by atoms with Crippen molar-refractivity contribution in [1.29, 1.82) is 0 Å². The van der Waals surface area contributed by atoms with Crippen molar-refractivity contribution in [2.45, 2.75) is 38.6 Å². The molecule has 0 radical (unpaired) electrons. The molecule has 1 unspecified atom stereocenters. The van der Waals surface area contributed by atoms with Crippen molar-refractivity contribution in [3.8, 4) is 17.1 Å². The number of rotatable bonds is 9. The van der Waals surface area contributed by atoms with Gasteiger partial charge in [0, 0.05) is 32.0 Å². The van der Waals surface area contributed by atoms with Gasteiger partial charge in [0.25, 0.3) is 0 Å². The van der Waals surface area contributed by atoms with Crippen LogP contribution in [0.3, 0.4) is 0 Å². The van der Waals surface area contributed by atoms with Gasteiger partial charge in [-0.25, -0.2) is 0 Å². The minimum atomic E-state index is -0.464. The molecule has 3 amide bonds. The second-order valence-corrected chi connectivity index (χ2v) is 7.11. The first-order valence-electron chi connectivity index (χ1n) is 10.4. The Hall–Kier alpha value is -3.43. The second kappa shape index (κ2) is 10.6. The highest BCUT2D eigenvalue weighted by Gasteiger charge is 2.33. The predicted molar refractivity (Wildman–Crippen MR) is 111 cm³/mol. The maximum Gasteiger partial charge on any atom is 0.242 e. The third-order valence-corrected chi connectivity index (χ3v) is 5.02. The van der Waals surface area contributed by atoms with Crippen molar-refractivity contribution in [1.82, 2.24) is 25.7 Å². The van der Waals surface area contributed by atoms with E-state index in [0.29, 0.717) is 31.3 Å². The lowest BCUT2D eigenvalue weighted by atomic mass is 10.2. The molecule has 166 valence electrons. The van der Waals surface area contributed by atoms with E-state index in [9.17, 15) is 14.4 Å². The highest BCUT2D eigenvalue weighted by molar-refractivity contribution is 5.90. The fraction of sp³-hybridized carbons (Fsp3) is 0.476. The largest absolute Gasteiger partial charge is 0.494 e. The van der Waals surface area contributed by atoms with E-state index in [1.165, 1.54) is 4.90 Å². The van der Waals surface area contributed by atoms with E-state index in [1.54, 1.807) is 7.05 Å². The summed E-state index contributed by atoms with van der Waals surface area (Å²) in [6.45, 7) is 2.88. The molecular formula is C21H27N5O5. The van der Waals surface area contributed by atoms with Gasteiger partial charge in [-0.05, 0) is 44.0 Å². The molecule has 1 saturated heterocycles. The molecule has 0 aliphatic carbocycles. The Morgan fingerprint density at radius 1 is 1.26 bits per heavy atom. The number of amides is 3. The number of benzene rings is 1. The van der Waals surface area contributed by atoms with E-state index >= 15 is 0 Å².